The van der Waals surface area contributed by atoms with Gasteiger partial charge in [-0.15, -0.1) is 0 Å². The maximum atomic E-state index is 5.57. The van der Waals surface area contributed by atoms with E-state index in [1.807, 2.05) is 13.0 Å². The van der Waals surface area contributed by atoms with Crippen LogP contribution in [0.15, 0.2) is 16.8 Å². The maximum absolute atomic E-state index is 5.57. The highest BCUT2D eigenvalue weighted by molar-refractivity contribution is 5.72. The Kier molecular flexibility index (Phi) is 3.86. The van der Waals surface area contributed by atoms with Gasteiger partial charge >= 0.3 is 0 Å². The van der Waals surface area contributed by atoms with Gasteiger partial charge in [0.15, 0.2) is 0 Å². The third-order valence-corrected chi connectivity index (χ3v) is 1.16. The monoisotopic (exact) mass is 154 g/mol. The molecule has 2 heteroatoms. The first-order valence-corrected chi connectivity index (χ1v) is 3.95. The van der Waals surface area contributed by atoms with Crippen molar-refractivity contribution in [2.75, 3.05) is 0 Å². The lowest BCUT2D eigenvalue weighted by Gasteiger charge is -2.09. The minimum Gasteiger partial charge on any atom is -0.402 e. The summed E-state index contributed by atoms with van der Waals surface area (Å²) >= 11 is 0. The molecule has 0 saturated carbocycles. The Morgan fingerprint density at radius 1 is 1.45 bits per heavy atom. The number of aliphatic imine (C=N–C) groups is 1. The van der Waals surface area contributed by atoms with E-state index in [-0.39, 0.29) is 5.54 Å². The van der Waals surface area contributed by atoms with E-state index in [9.17, 15) is 0 Å². The molecule has 0 unspecified atom stereocenters. The lowest BCUT2D eigenvalue weighted by molar-refractivity contribution is 0.587. The van der Waals surface area contributed by atoms with Crippen molar-refractivity contribution in [2.24, 2.45) is 10.7 Å². The van der Waals surface area contributed by atoms with E-state index in [0.29, 0.717) is 0 Å². The highest BCUT2D eigenvalue weighted by Gasteiger charge is 2.03. The zero-order chi connectivity index (χ0) is 8.91. The zero-order valence-corrected chi connectivity index (χ0v) is 7.89. The van der Waals surface area contributed by atoms with Gasteiger partial charge in [-0.05, 0) is 33.3 Å². The molecule has 0 spiro atoms. The van der Waals surface area contributed by atoms with E-state index < -0.39 is 0 Å². The Hall–Kier alpha value is -0.790. The molecule has 0 aromatic rings. The molecule has 0 radical (unpaired) electrons. The Morgan fingerprint density at radius 2 is 2.00 bits per heavy atom. The summed E-state index contributed by atoms with van der Waals surface area (Å²) in [6.45, 7) is 8.19. The third-order valence-electron chi connectivity index (χ3n) is 1.16. The zero-order valence-electron chi connectivity index (χ0n) is 7.89. The summed E-state index contributed by atoms with van der Waals surface area (Å²) in [5.74, 6) is 0. The molecular weight excluding hydrogens is 136 g/mol. The first kappa shape index (κ1) is 10.2. The Balaban J connectivity index is 3.96. The summed E-state index contributed by atoms with van der Waals surface area (Å²) in [6.07, 6.45) is 4.51. The van der Waals surface area contributed by atoms with Crippen molar-refractivity contribution in [3.05, 3.63) is 11.8 Å². The van der Waals surface area contributed by atoms with Gasteiger partial charge in [0.1, 0.15) is 0 Å². The van der Waals surface area contributed by atoms with Crippen molar-refractivity contribution >= 4 is 6.21 Å². The fraction of sp³-hybridized carbons (Fsp3) is 0.667. The summed E-state index contributed by atoms with van der Waals surface area (Å²) < 4.78 is 0. The second-order valence-electron chi connectivity index (χ2n) is 3.54. The number of hydrogen-bond acceptors (Lipinski definition) is 2. The number of nitrogens with two attached hydrogens (primary N) is 1. The molecule has 0 amide bonds. The minimum atomic E-state index is 0.00449. The first-order chi connectivity index (χ1) is 4.95. The maximum Gasteiger partial charge on any atom is 0.0524 e. The smallest absolute Gasteiger partial charge is 0.0524 e. The van der Waals surface area contributed by atoms with Crippen molar-refractivity contribution in [2.45, 2.75) is 39.7 Å². The van der Waals surface area contributed by atoms with Gasteiger partial charge in [-0.3, -0.25) is 4.99 Å². The average molecular weight is 154 g/mol. The van der Waals surface area contributed by atoms with Crippen LogP contribution in [0, 0.1) is 0 Å². The molecule has 0 rings (SSSR count). The van der Waals surface area contributed by atoms with Crippen molar-refractivity contribution in [1.29, 1.82) is 0 Å². The molecule has 0 atom stereocenters. The summed E-state index contributed by atoms with van der Waals surface area (Å²) in [5.41, 5.74) is 6.45. The van der Waals surface area contributed by atoms with Crippen LogP contribution >= 0.6 is 0 Å². The van der Waals surface area contributed by atoms with Crippen LogP contribution in [0.5, 0.6) is 0 Å². The number of allylic oxidation sites excluding steroid dienone is 2. The van der Waals surface area contributed by atoms with Crippen LogP contribution in [0.1, 0.15) is 34.1 Å². The molecular formula is C9H18N2. The second-order valence-corrected chi connectivity index (χ2v) is 3.54. The lowest BCUT2D eigenvalue weighted by atomic mass is 10.1. The molecule has 0 bridgehead atoms. The molecule has 0 aromatic carbocycles. The molecule has 11 heavy (non-hydrogen) atoms. The van der Waals surface area contributed by atoms with E-state index >= 15 is 0 Å². The molecule has 0 aliphatic heterocycles. The molecule has 0 fully saturated rings. The predicted molar refractivity (Wildman–Crippen MR) is 50.8 cm³/mol. The van der Waals surface area contributed by atoms with E-state index in [4.69, 9.17) is 5.73 Å². The van der Waals surface area contributed by atoms with Gasteiger partial charge in [0.05, 0.1) is 5.54 Å². The van der Waals surface area contributed by atoms with Crippen LogP contribution in [0.2, 0.25) is 0 Å². The van der Waals surface area contributed by atoms with Crippen LogP contribution in [0.3, 0.4) is 0 Å². The van der Waals surface area contributed by atoms with E-state index in [1.54, 1.807) is 6.21 Å². The van der Waals surface area contributed by atoms with Gasteiger partial charge in [-0.25, -0.2) is 0 Å². The quantitative estimate of drug-likeness (QED) is 0.608. The SMILES string of the molecule is CC/C(N)=C/C=NC(C)(C)C. The van der Waals surface area contributed by atoms with Crippen LogP contribution in [-0.2, 0) is 0 Å². The molecule has 0 aliphatic carbocycles. The summed E-state index contributed by atoms with van der Waals surface area (Å²) in [7, 11) is 0. The predicted octanol–water partition coefficient (Wildman–Crippen LogP) is 2.11. The number of rotatable bonds is 2. The highest BCUT2D eigenvalue weighted by atomic mass is 14.8. The summed E-state index contributed by atoms with van der Waals surface area (Å²) in [5, 5.41) is 0. The molecule has 0 saturated heterocycles. The van der Waals surface area contributed by atoms with Gasteiger partial charge < -0.3 is 5.73 Å². The first-order valence-electron chi connectivity index (χ1n) is 3.95. The van der Waals surface area contributed by atoms with Gasteiger partial charge in [-0.1, -0.05) is 6.92 Å². The molecule has 0 aromatic heterocycles. The number of hydrogen-bond donors (Lipinski definition) is 1. The number of nitrogens with zero attached hydrogens (tertiary/aromatic N) is 1. The van der Waals surface area contributed by atoms with Crippen LogP contribution in [0.25, 0.3) is 0 Å². The standard InChI is InChI=1S/C9H18N2/c1-5-8(10)6-7-11-9(2,3)4/h6-7H,5,10H2,1-4H3/b8-6-,11-7?. The van der Waals surface area contributed by atoms with Gasteiger partial charge in [0.25, 0.3) is 0 Å². The Morgan fingerprint density at radius 3 is 2.36 bits per heavy atom. The van der Waals surface area contributed by atoms with Crippen LogP contribution < -0.4 is 5.73 Å². The van der Waals surface area contributed by atoms with Crippen molar-refractivity contribution in [3.8, 4) is 0 Å². The summed E-state index contributed by atoms with van der Waals surface area (Å²) in [6, 6.07) is 0. The Bertz CT molecular complexity index is 161. The van der Waals surface area contributed by atoms with Crippen molar-refractivity contribution < 1.29 is 0 Å². The second kappa shape index (κ2) is 4.16. The molecule has 2 N–H and O–H groups in total. The summed E-state index contributed by atoms with van der Waals surface area (Å²) in [4.78, 5) is 4.26. The van der Waals surface area contributed by atoms with Gasteiger partial charge in [0, 0.05) is 11.9 Å². The van der Waals surface area contributed by atoms with Crippen LogP contribution in [0.4, 0.5) is 0 Å². The topological polar surface area (TPSA) is 38.4 Å². The molecule has 0 heterocycles. The minimum absolute atomic E-state index is 0.00449. The van der Waals surface area contributed by atoms with E-state index in [1.165, 1.54) is 0 Å². The van der Waals surface area contributed by atoms with E-state index in [0.717, 1.165) is 12.1 Å². The van der Waals surface area contributed by atoms with E-state index in [2.05, 4.69) is 25.8 Å². The molecule has 2 nitrogen and oxygen atoms in total. The molecule has 64 valence electrons. The highest BCUT2D eigenvalue weighted by Crippen LogP contribution is 2.04. The average Bonchev–Trinajstić information content (AvgIpc) is 1.85. The largest absolute Gasteiger partial charge is 0.402 e. The lowest BCUT2D eigenvalue weighted by Crippen LogP contribution is -2.09. The fourth-order valence-corrected chi connectivity index (χ4v) is 0.474. The Labute approximate surface area is 69.2 Å². The van der Waals surface area contributed by atoms with Gasteiger partial charge in [0.2, 0.25) is 0 Å². The van der Waals surface area contributed by atoms with Crippen molar-refractivity contribution in [3.63, 3.8) is 0 Å². The fourth-order valence-electron chi connectivity index (χ4n) is 0.474. The third kappa shape index (κ3) is 7.10. The van der Waals surface area contributed by atoms with Crippen LogP contribution in [-0.4, -0.2) is 11.8 Å². The normalized spacial score (nSPS) is 14.4. The van der Waals surface area contributed by atoms with Crippen molar-refractivity contribution in [1.82, 2.24) is 0 Å². The van der Waals surface area contributed by atoms with Gasteiger partial charge in [-0.2, -0.15) is 0 Å². The molecule has 0 aliphatic rings.